The molecule has 0 bridgehead atoms. The van der Waals surface area contributed by atoms with Gasteiger partial charge in [0.15, 0.2) is 5.65 Å². The fourth-order valence-corrected chi connectivity index (χ4v) is 5.06. The van der Waals surface area contributed by atoms with Crippen molar-refractivity contribution in [1.29, 1.82) is 0 Å². The lowest BCUT2D eigenvalue weighted by molar-refractivity contribution is 0.282. The summed E-state index contributed by atoms with van der Waals surface area (Å²) in [5, 5.41) is 8.95. The number of hydrogen-bond acceptors (Lipinski definition) is 4. The Morgan fingerprint density at radius 2 is 2.06 bits per heavy atom. The minimum atomic E-state index is -0.497. The zero-order chi connectivity index (χ0) is 21.3. The van der Waals surface area contributed by atoms with E-state index in [9.17, 15) is 4.79 Å². The van der Waals surface area contributed by atoms with E-state index in [1.807, 2.05) is 44.4 Å². The topological polar surface area (TPSA) is 64.2 Å². The first-order chi connectivity index (χ1) is 14.9. The molecule has 3 aromatic heterocycles. The van der Waals surface area contributed by atoms with Gasteiger partial charge in [-0.15, -0.1) is 0 Å². The number of benzene rings is 1. The number of nitrogens with one attached hydrogen (secondary N) is 1. The summed E-state index contributed by atoms with van der Waals surface area (Å²) < 4.78 is 18.7. The van der Waals surface area contributed by atoms with Gasteiger partial charge in [0, 0.05) is 23.3 Å². The van der Waals surface area contributed by atoms with Crippen LogP contribution in [0.2, 0.25) is 0 Å². The zero-order valence-corrected chi connectivity index (χ0v) is 17.7. The predicted octanol–water partition coefficient (Wildman–Crippen LogP) is 3.92. The number of nitrogens with zero attached hydrogens (tertiary/aromatic N) is 4. The molecule has 1 spiro atoms. The van der Waals surface area contributed by atoms with Gasteiger partial charge < -0.3 is 9.88 Å². The summed E-state index contributed by atoms with van der Waals surface area (Å²) in [5.74, 6) is -0.497. The van der Waals surface area contributed by atoms with E-state index in [1.54, 1.807) is 9.08 Å². The van der Waals surface area contributed by atoms with Gasteiger partial charge in [0.1, 0.15) is 5.82 Å². The number of imidazole rings is 1. The third kappa shape index (κ3) is 2.98. The smallest absolute Gasteiger partial charge is 0.261 e. The van der Waals surface area contributed by atoms with Crippen LogP contribution in [-0.2, 0) is 0 Å². The van der Waals surface area contributed by atoms with Crippen LogP contribution in [0, 0.1) is 19.7 Å². The molecule has 0 radical (unpaired) electrons. The van der Waals surface area contributed by atoms with Crippen molar-refractivity contribution in [2.45, 2.75) is 51.1 Å². The molecular formula is C24H24FN5O. The molecule has 0 amide bonds. The molecule has 31 heavy (non-hydrogen) atoms. The molecule has 1 unspecified atom stereocenters. The number of halogens is 1. The molecule has 2 aliphatic rings. The highest BCUT2D eigenvalue weighted by atomic mass is 19.1. The normalized spacial score (nSPS) is 20.0. The minimum absolute atomic E-state index is 0.121. The summed E-state index contributed by atoms with van der Waals surface area (Å²) in [7, 11) is 0. The van der Waals surface area contributed by atoms with E-state index in [0.29, 0.717) is 16.6 Å². The van der Waals surface area contributed by atoms with Crippen LogP contribution in [0.25, 0.3) is 27.7 Å². The van der Waals surface area contributed by atoms with Gasteiger partial charge in [-0.25, -0.2) is 13.9 Å². The lowest BCUT2D eigenvalue weighted by Gasteiger charge is -2.31. The molecule has 1 saturated carbocycles. The zero-order valence-electron chi connectivity index (χ0n) is 17.7. The van der Waals surface area contributed by atoms with Gasteiger partial charge in [-0.2, -0.15) is 5.10 Å². The molecule has 1 atom stereocenters. The molecule has 7 heteroatoms. The summed E-state index contributed by atoms with van der Waals surface area (Å²) in [5.41, 5.74) is 3.90. The predicted molar refractivity (Wildman–Crippen MR) is 118 cm³/mol. The molecule has 1 aromatic carbocycles. The second-order valence-electron chi connectivity index (χ2n) is 9.17. The van der Waals surface area contributed by atoms with Crippen LogP contribution >= 0.6 is 0 Å². The van der Waals surface area contributed by atoms with Crippen molar-refractivity contribution in [1.82, 2.24) is 24.5 Å². The first-order valence-electron chi connectivity index (χ1n) is 10.9. The summed E-state index contributed by atoms with van der Waals surface area (Å²) in [6, 6.07) is 7.17. The van der Waals surface area contributed by atoms with Crippen LogP contribution in [0.4, 0.5) is 4.39 Å². The Labute approximate surface area is 178 Å². The molecule has 2 fully saturated rings. The largest absolute Gasteiger partial charge is 0.312 e. The lowest BCUT2D eigenvalue weighted by atomic mass is 9.96. The van der Waals surface area contributed by atoms with Gasteiger partial charge >= 0.3 is 0 Å². The van der Waals surface area contributed by atoms with Crippen molar-refractivity contribution < 1.29 is 4.39 Å². The molecule has 4 heterocycles. The van der Waals surface area contributed by atoms with Crippen LogP contribution in [0.3, 0.4) is 0 Å². The van der Waals surface area contributed by atoms with E-state index in [2.05, 4.69) is 15.4 Å². The average Bonchev–Trinajstić information content (AvgIpc) is 3.35. The summed E-state index contributed by atoms with van der Waals surface area (Å²) in [4.78, 5) is 17.7. The van der Waals surface area contributed by atoms with Crippen molar-refractivity contribution in [3.63, 3.8) is 0 Å². The number of rotatable bonds is 2. The maximum Gasteiger partial charge on any atom is 0.261 e. The molecule has 6 rings (SSSR count). The van der Waals surface area contributed by atoms with Gasteiger partial charge in [0.2, 0.25) is 0 Å². The molecular weight excluding hydrogens is 393 g/mol. The van der Waals surface area contributed by atoms with Crippen molar-refractivity contribution in [2.24, 2.45) is 0 Å². The minimum Gasteiger partial charge on any atom is -0.312 e. The first-order valence-corrected chi connectivity index (χ1v) is 10.9. The average molecular weight is 417 g/mol. The van der Waals surface area contributed by atoms with Crippen molar-refractivity contribution in [3.8, 4) is 11.3 Å². The number of hydrogen-bond donors (Lipinski definition) is 1. The maximum atomic E-state index is 15.3. The van der Waals surface area contributed by atoms with Crippen LogP contribution in [0.15, 0.2) is 41.5 Å². The Bertz CT molecular complexity index is 1420. The van der Waals surface area contributed by atoms with E-state index < -0.39 is 5.82 Å². The summed E-state index contributed by atoms with van der Waals surface area (Å²) in [6.45, 7) is 4.79. The fourth-order valence-electron chi connectivity index (χ4n) is 5.06. The third-order valence-electron chi connectivity index (χ3n) is 6.86. The second kappa shape index (κ2) is 6.47. The maximum absolute atomic E-state index is 15.3. The molecule has 6 nitrogen and oxygen atoms in total. The van der Waals surface area contributed by atoms with Crippen molar-refractivity contribution >= 4 is 16.4 Å². The van der Waals surface area contributed by atoms with E-state index in [4.69, 9.17) is 0 Å². The Hall–Kier alpha value is -3.06. The highest BCUT2D eigenvalue weighted by Gasteiger charge is 2.46. The van der Waals surface area contributed by atoms with Crippen LogP contribution < -0.4 is 10.9 Å². The Morgan fingerprint density at radius 3 is 2.87 bits per heavy atom. The first kappa shape index (κ1) is 18.7. The van der Waals surface area contributed by atoms with Gasteiger partial charge in [-0.05, 0) is 81.3 Å². The van der Waals surface area contributed by atoms with Gasteiger partial charge in [-0.1, -0.05) is 0 Å². The number of fused-ring (bicyclic) bond motifs is 2. The van der Waals surface area contributed by atoms with E-state index >= 15 is 4.39 Å². The molecule has 4 aromatic rings. The number of piperidine rings is 1. The summed E-state index contributed by atoms with van der Waals surface area (Å²) >= 11 is 0. The van der Waals surface area contributed by atoms with E-state index in [1.165, 1.54) is 6.07 Å². The number of pyridine rings is 1. The third-order valence-corrected chi connectivity index (χ3v) is 6.86. The lowest BCUT2D eigenvalue weighted by Crippen LogP contribution is -2.42. The highest BCUT2D eigenvalue weighted by molar-refractivity contribution is 5.86. The SMILES string of the molecule is Cc1cn2nc(-c3cc(F)c4c(=O)n(C5CCNC6(CC6)C5)ccc4c3)cc(C)c2n1. The fraction of sp³-hybridized carbons (Fsp3) is 0.375. The highest BCUT2D eigenvalue weighted by Crippen LogP contribution is 2.45. The molecule has 1 aliphatic heterocycles. The van der Waals surface area contributed by atoms with E-state index in [0.717, 1.165) is 49.1 Å². The number of aryl methyl sites for hydroxylation is 2. The standard InChI is InChI=1S/C24H24FN5O/c1-14-9-20(28-30-13-15(2)27-22(14)30)17-10-16-4-8-29(23(31)21(16)19(25)11-17)18-3-7-26-24(12-18)5-6-24/h4,8-11,13,18,26H,3,5-7,12H2,1-2H3. The molecule has 1 aliphatic carbocycles. The Balaban J connectivity index is 1.45. The summed E-state index contributed by atoms with van der Waals surface area (Å²) in [6.07, 6.45) is 7.84. The van der Waals surface area contributed by atoms with Crippen LogP contribution in [-0.4, -0.2) is 31.2 Å². The monoisotopic (exact) mass is 417 g/mol. The van der Waals surface area contributed by atoms with Gasteiger partial charge in [0.05, 0.1) is 23.0 Å². The van der Waals surface area contributed by atoms with Crippen molar-refractivity contribution in [3.05, 3.63) is 64.1 Å². The van der Waals surface area contributed by atoms with Crippen molar-refractivity contribution in [2.75, 3.05) is 6.54 Å². The number of aromatic nitrogens is 4. The Morgan fingerprint density at radius 1 is 1.23 bits per heavy atom. The molecule has 1 N–H and O–H groups in total. The van der Waals surface area contributed by atoms with Gasteiger partial charge in [0.25, 0.3) is 5.56 Å². The van der Waals surface area contributed by atoms with E-state index in [-0.39, 0.29) is 22.5 Å². The molecule has 1 saturated heterocycles. The second-order valence-corrected chi connectivity index (χ2v) is 9.17. The van der Waals surface area contributed by atoms with Crippen LogP contribution in [0.5, 0.6) is 0 Å². The van der Waals surface area contributed by atoms with Crippen LogP contribution in [0.1, 0.15) is 43.0 Å². The van der Waals surface area contributed by atoms with Gasteiger partial charge in [-0.3, -0.25) is 4.79 Å². The molecule has 158 valence electrons. The Kier molecular flexibility index (Phi) is 3.90. The quantitative estimate of drug-likeness (QED) is 0.537.